The molecule has 3 N–H and O–H groups in total. The Hall–Kier alpha value is -3.39. The summed E-state index contributed by atoms with van der Waals surface area (Å²) in [5.41, 5.74) is 6.88. The molecule has 1 amide bonds. The molecule has 0 saturated carbocycles. The maximum Gasteiger partial charge on any atom is 0.259 e. The third-order valence-electron chi connectivity index (χ3n) is 4.70. The molecule has 9 heteroatoms. The molecule has 8 nitrogen and oxygen atoms in total. The molecule has 3 aromatic heterocycles. The van der Waals surface area contributed by atoms with E-state index in [2.05, 4.69) is 15.4 Å². The van der Waals surface area contributed by atoms with Crippen molar-refractivity contribution in [2.45, 2.75) is 13.0 Å². The molecule has 1 atom stereocenters. The molecule has 4 rings (SSSR count). The number of hydrogen-bond acceptors (Lipinski definition) is 5. The number of hydrogen-bond donors (Lipinski definition) is 2. The van der Waals surface area contributed by atoms with Gasteiger partial charge in [0.25, 0.3) is 11.5 Å². The van der Waals surface area contributed by atoms with Crippen LogP contribution in [0.2, 0.25) is 5.02 Å². The van der Waals surface area contributed by atoms with Crippen LogP contribution in [-0.4, -0.2) is 25.1 Å². The van der Waals surface area contributed by atoms with Crippen molar-refractivity contribution in [3.8, 4) is 0 Å². The number of nitrogens with two attached hydrogens (primary N) is 1. The van der Waals surface area contributed by atoms with E-state index in [-0.39, 0.29) is 16.9 Å². The third kappa shape index (κ3) is 2.78. The first-order valence-electron chi connectivity index (χ1n) is 8.56. The maximum absolute atomic E-state index is 12.8. The fourth-order valence-corrected chi connectivity index (χ4v) is 3.57. The predicted molar refractivity (Wildman–Crippen MR) is 107 cm³/mol. The molecule has 0 saturated heterocycles. The molecule has 0 fully saturated rings. The van der Waals surface area contributed by atoms with Crippen LogP contribution in [0.25, 0.3) is 16.4 Å². The van der Waals surface area contributed by atoms with E-state index < -0.39 is 11.9 Å². The smallest absolute Gasteiger partial charge is 0.259 e. The molecule has 28 heavy (non-hydrogen) atoms. The molecule has 0 aliphatic carbocycles. The third-order valence-corrected chi connectivity index (χ3v) is 5.01. The zero-order valence-corrected chi connectivity index (χ0v) is 15.9. The fraction of sp³-hybridized carbons (Fsp3) is 0.158. The van der Waals surface area contributed by atoms with Crippen LogP contribution in [0.4, 0.5) is 5.82 Å². The van der Waals surface area contributed by atoms with Gasteiger partial charge in [-0.1, -0.05) is 23.7 Å². The molecule has 1 unspecified atom stereocenters. The number of rotatable bonds is 3. The van der Waals surface area contributed by atoms with Gasteiger partial charge in [0.15, 0.2) is 11.5 Å². The van der Waals surface area contributed by atoms with Gasteiger partial charge in [-0.25, -0.2) is 9.50 Å². The van der Waals surface area contributed by atoms with Gasteiger partial charge in [0.2, 0.25) is 0 Å². The lowest BCUT2D eigenvalue weighted by Gasteiger charge is -2.18. The molecular formula is C19H17ClN6O2. The number of nitrogens with zero attached hydrogens (tertiary/aromatic N) is 4. The Morgan fingerprint density at radius 2 is 2.11 bits per heavy atom. The van der Waals surface area contributed by atoms with Crippen LogP contribution >= 0.6 is 11.6 Å². The molecule has 4 aromatic rings. The van der Waals surface area contributed by atoms with Gasteiger partial charge in [0.05, 0.1) is 16.5 Å². The zero-order chi connectivity index (χ0) is 20.0. The van der Waals surface area contributed by atoms with Crippen LogP contribution in [0.1, 0.15) is 29.0 Å². The van der Waals surface area contributed by atoms with E-state index in [0.717, 1.165) is 0 Å². The van der Waals surface area contributed by atoms with E-state index in [1.807, 2.05) is 12.1 Å². The van der Waals surface area contributed by atoms with Gasteiger partial charge in [-0.3, -0.25) is 9.59 Å². The van der Waals surface area contributed by atoms with E-state index in [1.165, 1.54) is 9.08 Å². The predicted octanol–water partition coefficient (Wildman–Crippen LogP) is 2.31. The Kier molecular flexibility index (Phi) is 4.27. The lowest BCUT2D eigenvalue weighted by atomic mass is 10.1. The molecule has 0 radical (unpaired) electrons. The van der Waals surface area contributed by atoms with Crippen molar-refractivity contribution in [2.75, 3.05) is 5.73 Å². The number of nitrogen functional groups attached to an aromatic ring is 1. The SMILES string of the molecule is CC(NC(=O)c1c(N)nn2cccnc12)c1cc2cccc(Cl)c2c(=O)n1C. The average Bonchev–Trinajstić information content (AvgIpc) is 3.00. The second-order valence-corrected chi connectivity index (χ2v) is 6.89. The number of pyridine rings is 1. The molecule has 1 aromatic carbocycles. The lowest BCUT2D eigenvalue weighted by molar-refractivity contribution is 0.0941. The second kappa shape index (κ2) is 6.65. The largest absolute Gasteiger partial charge is 0.381 e. The van der Waals surface area contributed by atoms with Crippen LogP contribution in [-0.2, 0) is 7.05 Å². The van der Waals surface area contributed by atoms with Gasteiger partial charge < -0.3 is 15.6 Å². The van der Waals surface area contributed by atoms with Crippen molar-refractivity contribution in [3.63, 3.8) is 0 Å². The number of halogens is 1. The summed E-state index contributed by atoms with van der Waals surface area (Å²) in [5.74, 6) is -0.333. The minimum atomic E-state index is -0.466. The number of fused-ring (bicyclic) bond motifs is 2. The number of anilines is 1. The quantitative estimate of drug-likeness (QED) is 0.552. The number of aromatic nitrogens is 4. The summed E-state index contributed by atoms with van der Waals surface area (Å²) in [6, 6.07) is 8.34. The standard InChI is InChI=1S/C19H17ClN6O2/c1-10(13-9-11-5-3-6-12(20)14(11)19(28)25(13)2)23-18(27)15-16(21)24-26-8-4-7-22-17(15)26/h3-10H,1-2H3,(H2,21,24)(H,23,27). The Morgan fingerprint density at radius 3 is 2.89 bits per heavy atom. The minimum absolute atomic E-state index is 0.0857. The maximum atomic E-state index is 12.8. The van der Waals surface area contributed by atoms with E-state index in [9.17, 15) is 9.59 Å². The first-order valence-corrected chi connectivity index (χ1v) is 8.94. The molecule has 3 heterocycles. The van der Waals surface area contributed by atoms with Crippen molar-refractivity contribution in [3.05, 3.63) is 69.4 Å². The first-order chi connectivity index (χ1) is 13.4. The Balaban J connectivity index is 1.73. The fourth-order valence-electron chi connectivity index (χ4n) is 3.31. The van der Waals surface area contributed by atoms with Gasteiger partial charge >= 0.3 is 0 Å². The van der Waals surface area contributed by atoms with Crippen molar-refractivity contribution in [2.24, 2.45) is 7.05 Å². The van der Waals surface area contributed by atoms with E-state index in [0.29, 0.717) is 27.1 Å². The summed E-state index contributed by atoms with van der Waals surface area (Å²) in [7, 11) is 1.65. The topological polar surface area (TPSA) is 107 Å². The average molecular weight is 397 g/mol. The van der Waals surface area contributed by atoms with Crippen LogP contribution in [0.15, 0.2) is 47.5 Å². The summed E-state index contributed by atoms with van der Waals surface area (Å²) in [6.45, 7) is 1.79. The summed E-state index contributed by atoms with van der Waals surface area (Å²) in [5, 5.41) is 8.53. The number of benzene rings is 1. The Bertz CT molecular complexity index is 1290. The van der Waals surface area contributed by atoms with E-state index >= 15 is 0 Å². The van der Waals surface area contributed by atoms with Gasteiger partial charge in [0.1, 0.15) is 5.56 Å². The van der Waals surface area contributed by atoms with Crippen LogP contribution in [0.5, 0.6) is 0 Å². The minimum Gasteiger partial charge on any atom is -0.381 e. The van der Waals surface area contributed by atoms with E-state index in [4.69, 9.17) is 17.3 Å². The van der Waals surface area contributed by atoms with Crippen molar-refractivity contribution >= 4 is 39.7 Å². The number of amides is 1. The highest BCUT2D eigenvalue weighted by Crippen LogP contribution is 2.23. The zero-order valence-electron chi connectivity index (χ0n) is 15.2. The summed E-state index contributed by atoms with van der Waals surface area (Å²) < 4.78 is 2.93. The highest BCUT2D eigenvalue weighted by molar-refractivity contribution is 6.35. The normalized spacial score (nSPS) is 12.4. The highest BCUT2D eigenvalue weighted by atomic mass is 35.5. The lowest BCUT2D eigenvalue weighted by Crippen LogP contribution is -2.32. The van der Waals surface area contributed by atoms with Crippen LogP contribution < -0.4 is 16.6 Å². The Morgan fingerprint density at radius 1 is 1.32 bits per heavy atom. The Labute approximate surface area is 164 Å². The van der Waals surface area contributed by atoms with Gasteiger partial charge in [-0.15, -0.1) is 5.10 Å². The van der Waals surface area contributed by atoms with Crippen molar-refractivity contribution in [1.29, 1.82) is 0 Å². The number of nitrogens with one attached hydrogen (secondary N) is 1. The van der Waals surface area contributed by atoms with Crippen LogP contribution in [0.3, 0.4) is 0 Å². The number of carbonyl (C=O) groups excluding carboxylic acids is 1. The van der Waals surface area contributed by atoms with Crippen molar-refractivity contribution in [1.82, 2.24) is 24.5 Å². The van der Waals surface area contributed by atoms with Gasteiger partial charge in [0, 0.05) is 25.1 Å². The summed E-state index contributed by atoms with van der Waals surface area (Å²) in [6.07, 6.45) is 3.23. The van der Waals surface area contributed by atoms with E-state index in [1.54, 1.807) is 44.6 Å². The molecule has 0 spiro atoms. The summed E-state index contributed by atoms with van der Waals surface area (Å²) >= 11 is 6.18. The number of carbonyl (C=O) groups is 1. The van der Waals surface area contributed by atoms with Gasteiger partial charge in [-0.2, -0.15) is 0 Å². The first kappa shape index (κ1) is 18.0. The van der Waals surface area contributed by atoms with Crippen molar-refractivity contribution < 1.29 is 4.79 Å². The van der Waals surface area contributed by atoms with Gasteiger partial charge in [-0.05, 0) is 30.5 Å². The molecule has 0 aliphatic rings. The monoisotopic (exact) mass is 396 g/mol. The molecular weight excluding hydrogens is 380 g/mol. The van der Waals surface area contributed by atoms with Crippen LogP contribution in [0, 0.1) is 0 Å². The second-order valence-electron chi connectivity index (χ2n) is 6.48. The molecule has 142 valence electrons. The molecule has 0 bridgehead atoms. The molecule has 0 aliphatic heterocycles. The summed E-state index contributed by atoms with van der Waals surface area (Å²) in [4.78, 5) is 29.8. The highest BCUT2D eigenvalue weighted by Gasteiger charge is 2.22.